The van der Waals surface area contributed by atoms with Crippen LogP contribution < -0.4 is 9.80 Å². The zero-order chi connectivity index (χ0) is 37.2. The standard InChI is InChI=1S/C51H48N2/c1-9-10-13-45-40(8)48(32-38(6)50(45)52(41-24-16-34(2)17-25-41)42-26-18-35(3)19-27-42)49-33-39(7)51(47-15-12-11-14-46(47)49)53(43-28-20-36(4)21-29-43)44-30-22-37(5)23-31-44/h9-33H,1H2,2-8H3/b13-10-. The van der Waals surface area contributed by atoms with E-state index in [9.17, 15) is 0 Å². The number of nitrogens with zero attached hydrogens (tertiary/aromatic N) is 2. The van der Waals surface area contributed by atoms with Crippen molar-refractivity contribution in [2.24, 2.45) is 0 Å². The number of rotatable bonds is 9. The van der Waals surface area contributed by atoms with Gasteiger partial charge in [-0.2, -0.15) is 0 Å². The van der Waals surface area contributed by atoms with Crippen LogP contribution in [0.4, 0.5) is 34.1 Å². The highest BCUT2D eigenvalue weighted by atomic mass is 15.2. The first kappa shape index (κ1) is 35.3. The quantitative estimate of drug-likeness (QED) is 0.139. The Morgan fingerprint density at radius 3 is 1.25 bits per heavy atom. The number of fused-ring (bicyclic) bond motifs is 1. The summed E-state index contributed by atoms with van der Waals surface area (Å²) in [5, 5.41) is 2.44. The molecule has 0 N–H and O–H groups in total. The van der Waals surface area contributed by atoms with E-state index in [2.05, 4.69) is 210 Å². The zero-order valence-corrected chi connectivity index (χ0v) is 32.0. The summed E-state index contributed by atoms with van der Waals surface area (Å²) in [4.78, 5) is 4.82. The van der Waals surface area contributed by atoms with Gasteiger partial charge in [0.25, 0.3) is 0 Å². The second kappa shape index (κ2) is 14.9. The SMILES string of the molecule is C=C/C=C\c1c(C)c(-c2cc(C)c(N(c3ccc(C)cc3)c3ccc(C)cc3)c3ccccc23)cc(C)c1N(c1ccc(C)cc1)c1ccc(C)cc1. The molecular formula is C51H48N2. The van der Waals surface area contributed by atoms with Crippen molar-refractivity contribution in [1.82, 2.24) is 0 Å². The summed E-state index contributed by atoms with van der Waals surface area (Å²) in [5.41, 5.74) is 19.1. The molecular weight excluding hydrogens is 641 g/mol. The zero-order valence-electron chi connectivity index (χ0n) is 32.0. The van der Waals surface area contributed by atoms with Crippen molar-refractivity contribution >= 4 is 51.0 Å². The van der Waals surface area contributed by atoms with Gasteiger partial charge in [0.15, 0.2) is 0 Å². The first-order valence-electron chi connectivity index (χ1n) is 18.5. The average molecular weight is 689 g/mol. The Balaban J connectivity index is 1.48. The van der Waals surface area contributed by atoms with E-state index in [1.165, 1.54) is 77.8 Å². The van der Waals surface area contributed by atoms with Crippen LogP contribution >= 0.6 is 0 Å². The molecule has 0 aliphatic heterocycles. The molecule has 53 heavy (non-hydrogen) atoms. The highest BCUT2D eigenvalue weighted by molar-refractivity contribution is 6.08. The van der Waals surface area contributed by atoms with Crippen molar-refractivity contribution in [1.29, 1.82) is 0 Å². The highest BCUT2D eigenvalue weighted by Gasteiger charge is 2.24. The molecule has 0 bridgehead atoms. The molecule has 0 aliphatic carbocycles. The van der Waals surface area contributed by atoms with E-state index in [1.807, 2.05) is 6.08 Å². The van der Waals surface area contributed by atoms with E-state index >= 15 is 0 Å². The number of aryl methyl sites for hydroxylation is 6. The normalized spacial score (nSPS) is 11.3. The Bertz CT molecular complexity index is 2360. The second-order valence-corrected chi connectivity index (χ2v) is 14.4. The molecule has 0 amide bonds. The largest absolute Gasteiger partial charge is 0.310 e. The third-order valence-electron chi connectivity index (χ3n) is 10.3. The van der Waals surface area contributed by atoms with Crippen molar-refractivity contribution < 1.29 is 0 Å². The summed E-state index contributed by atoms with van der Waals surface area (Å²) in [6.07, 6.45) is 6.15. The van der Waals surface area contributed by atoms with Crippen LogP contribution in [0, 0.1) is 48.5 Å². The molecule has 0 unspecified atom stereocenters. The van der Waals surface area contributed by atoms with Crippen LogP contribution in [0.15, 0.2) is 152 Å². The molecule has 0 heterocycles. The molecule has 7 aromatic carbocycles. The third kappa shape index (κ3) is 6.93. The molecule has 0 spiro atoms. The van der Waals surface area contributed by atoms with Gasteiger partial charge in [-0.15, -0.1) is 0 Å². The van der Waals surface area contributed by atoms with Crippen LogP contribution in [-0.2, 0) is 0 Å². The third-order valence-corrected chi connectivity index (χ3v) is 10.3. The van der Waals surface area contributed by atoms with Gasteiger partial charge in [-0.1, -0.05) is 120 Å². The van der Waals surface area contributed by atoms with E-state index < -0.39 is 0 Å². The van der Waals surface area contributed by atoms with Crippen molar-refractivity contribution in [2.45, 2.75) is 48.5 Å². The van der Waals surface area contributed by atoms with Crippen molar-refractivity contribution in [3.63, 3.8) is 0 Å². The number of allylic oxidation sites excluding steroid dienone is 2. The average Bonchev–Trinajstić information content (AvgIpc) is 3.16. The minimum atomic E-state index is 1.13. The van der Waals surface area contributed by atoms with Gasteiger partial charge in [0.1, 0.15) is 0 Å². The molecule has 0 fully saturated rings. The van der Waals surface area contributed by atoms with Crippen LogP contribution in [0.25, 0.3) is 28.0 Å². The van der Waals surface area contributed by atoms with Crippen molar-refractivity contribution in [3.8, 4) is 11.1 Å². The lowest BCUT2D eigenvalue weighted by atomic mass is 9.87. The Hall–Kier alpha value is -6.12. The Morgan fingerprint density at radius 2 is 0.811 bits per heavy atom. The van der Waals surface area contributed by atoms with Crippen LogP contribution in [0.2, 0.25) is 0 Å². The predicted molar refractivity (Wildman–Crippen MR) is 231 cm³/mol. The molecule has 262 valence electrons. The molecule has 0 saturated heterocycles. The molecule has 0 aromatic heterocycles. The summed E-state index contributed by atoms with van der Waals surface area (Å²) < 4.78 is 0. The monoisotopic (exact) mass is 688 g/mol. The molecule has 0 atom stereocenters. The lowest BCUT2D eigenvalue weighted by molar-refractivity contribution is 1.22. The summed E-state index contributed by atoms with van der Waals surface area (Å²) >= 11 is 0. The van der Waals surface area contributed by atoms with Gasteiger partial charge in [0.05, 0.1) is 11.4 Å². The van der Waals surface area contributed by atoms with Gasteiger partial charge in [-0.05, 0) is 142 Å². The van der Waals surface area contributed by atoms with E-state index in [0.29, 0.717) is 0 Å². The highest BCUT2D eigenvalue weighted by Crippen LogP contribution is 2.48. The summed E-state index contributed by atoms with van der Waals surface area (Å²) in [6.45, 7) is 19.4. The van der Waals surface area contributed by atoms with Gasteiger partial charge >= 0.3 is 0 Å². The predicted octanol–water partition coefficient (Wildman–Crippen LogP) is 14.8. The number of anilines is 6. The maximum Gasteiger partial charge on any atom is 0.0569 e. The second-order valence-electron chi connectivity index (χ2n) is 14.4. The maximum absolute atomic E-state index is 4.05. The lowest BCUT2D eigenvalue weighted by Gasteiger charge is -2.31. The Kier molecular flexibility index (Phi) is 9.89. The summed E-state index contributed by atoms with van der Waals surface area (Å²) in [7, 11) is 0. The number of benzene rings is 7. The minimum absolute atomic E-state index is 1.13. The van der Waals surface area contributed by atoms with Crippen molar-refractivity contribution in [3.05, 3.63) is 197 Å². The van der Waals surface area contributed by atoms with Crippen LogP contribution in [0.3, 0.4) is 0 Å². The molecule has 2 heteroatoms. The number of hydrogen-bond acceptors (Lipinski definition) is 2. The minimum Gasteiger partial charge on any atom is -0.310 e. The fraction of sp³-hybridized carbons (Fsp3) is 0.137. The Morgan fingerprint density at radius 1 is 0.434 bits per heavy atom. The van der Waals surface area contributed by atoms with E-state index in [-0.39, 0.29) is 0 Å². The Labute approximate surface area is 316 Å². The van der Waals surface area contributed by atoms with E-state index in [4.69, 9.17) is 0 Å². The first-order valence-corrected chi connectivity index (χ1v) is 18.5. The molecule has 0 aliphatic rings. The van der Waals surface area contributed by atoms with Gasteiger partial charge in [-0.3, -0.25) is 0 Å². The summed E-state index contributed by atoms with van der Waals surface area (Å²) in [5.74, 6) is 0. The topological polar surface area (TPSA) is 6.48 Å². The van der Waals surface area contributed by atoms with E-state index in [1.54, 1.807) is 0 Å². The summed E-state index contributed by atoms with van der Waals surface area (Å²) in [6, 6.07) is 49.1. The van der Waals surface area contributed by atoms with Crippen molar-refractivity contribution in [2.75, 3.05) is 9.80 Å². The van der Waals surface area contributed by atoms with Gasteiger partial charge < -0.3 is 9.80 Å². The van der Waals surface area contributed by atoms with Gasteiger partial charge in [0.2, 0.25) is 0 Å². The molecule has 7 aromatic rings. The van der Waals surface area contributed by atoms with Crippen LogP contribution in [0.5, 0.6) is 0 Å². The number of hydrogen-bond donors (Lipinski definition) is 0. The lowest BCUT2D eigenvalue weighted by Crippen LogP contribution is -2.14. The van der Waals surface area contributed by atoms with E-state index in [0.717, 1.165) is 22.7 Å². The van der Waals surface area contributed by atoms with Gasteiger partial charge in [0, 0.05) is 33.7 Å². The molecule has 0 radical (unpaired) electrons. The fourth-order valence-electron chi connectivity index (χ4n) is 7.48. The smallest absolute Gasteiger partial charge is 0.0569 e. The molecule has 2 nitrogen and oxygen atoms in total. The molecule has 7 rings (SSSR count). The van der Waals surface area contributed by atoms with Crippen LogP contribution in [0.1, 0.15) is 44.5 Å². The molecule has 0 saturated carbocycles. The fourth-order valence-corrected chi connectivity index (χ4v) is 7.48. The van der Waals surface area contributed by atoms with Gasteiger partial charge in [-0.25, -0.2) is 0 Å². The maximum atomic E-state index is 4.05. The van der Waals surface area contributed by atoms with Crippen LogP contribution in [-0.4, -0.2) is 0 Å². The first-order chi connectivity index (χ1) is 25.6.